The van der Waals surface area contributed by atoms with Crippen molar-refractivity contribution in [3.63, 3.8) is 0 Å². The van der Waals surface area contributed by atoms with E-state index >= 15 is 0 Å². The molecule has 67 heavy (non-hydrogen) atoms. The molecule has 0 aliphatic heterocycles. The first-order valence-corrected chi connectivity index (χ1v) is 21.6. The summed E-state index contributed by atoms with van der Waals surface area (Å²) in [7, 11) is -3.74. The quantitative estimate of drug-likeness (QED) is 0.0112. The molecular formula is C42H41N7O15S3. The average molecular weight is 980 g/mol. The second kappa shape index (κ2) is 18.6. The minimum Gasteiger partial charge on any atom is -0.479 e. The Kier molecular flexibility index (Phi) is 12.7. The van der Waals surface area contributed by atoms with Crippen LogP contribution in [0, 0.1) is 12.3 Å². The summed E-state index contributed by atoms with van der Waals surface area (Å²) < 4.78 is 46.6. The number of carboxylic acid groups (broad SMARTS) is 1. The molecule has 8 rings (SSSR count). The van der Waals surface area contributed by atoms with Crippen LogP contribution in [0.5, 0.6) is 6.01 Å². The number of para-hydroxylation sites is 1. The Morgan fingerprint density at radius 3 is 2.21 bits per heavy atom. The van der Waals surface area contributed by atoms with Gasteiger partial charge in [0.25, 0.3) is 15.7 Å². The number of ketones is 2. The summed E-state index contributed by atoms with van der Waals surface area (Å²) in [5.74, 6) is -1.32. The van der Waals surface area contributed by atoms with E-state index in [0.29, 0.717) is 16.9 Å². The number of nitrogens with zero attached hydrogens (tertiary/aromatic N) is 4. The Morgan fingerprint density at radius 2 is 1.51 bits per heavy atom. The molecule has 0 unspecified atom stereocenters. The number of carbonyl (C=O) groups excluding carboxylic acids is 2. The largest absolute Gasteiger partial charge is 0.479 e. The summed E-state index contributed by atoms with van der Waals surface area (Å²) >= 11 is 0.855. The van der Waals surface area contributed by atoms with E-state index in [0.717, 1.165) is 12.1 Å². The Hall–Kier alpha value is -7.74. The van der Waals surface area contributed by atoms with Crippen LogP contribution in [-0.2, 0) is 35.9 Å². The van der Waals surface area contributed by atoms with Gasteiger partial charge in [0.05, 0.1) is 73.9 Å². The molecule has 5 aromatic carbocycles. The Morgan fingerprint density at radius 1 is 0.806 bits per heavy atom. The van der Waals surface area contributed by atoms with Crippen LogP contribution in [0.2, 0.25) is 0 Å². The van der Waals surface area contributed by atoms with Gasteiger partial charge in [-0.3, -0.25) is 18.9 Å². The van der Waals surface area contributed by atoms with Gasteiger partial charge in [0.1, 0.15) is 4.90 Å². The number of pyridine rings is 1. The third-order valence-electron chi connectivity index (χ3n) is 10.1. The van der Waals surface area contributed by atoms with Gasteiger partial charge in [-0.1, -0.05) is 58.5 Å². The van der Waals surface area contributed by atoms with Gasteiger partial charge in [-0.25, -0.2) is 15.3 Å². The van der Waals surface area contributed by atoms with Crippen LogP contribution in [0.1, 0.15) is 57.8 Å². The van der Waals surface area contributed by atoms with Crippen molar-refractivity contribution in [1.29, 1.82) is 0 Å². The maximum absolute atomic E-state index is 14.7. The van der Waals surface area contributed by atoms with Crippen molar-refractivity contribution in [3.05, 3.63) is 135 Å². The zero-order valence-corrected chi connectivity index (χ0v) is 36.0. The minimum absolute atomic E-state index is 0. The lowest BCUT2D eigenvalue weighted by molar-refractivity contribution is -0.432. The third kappa shape index (κ3) is 8.86. The van der Waals surface area contributed by atoms with Crippen LogP contribution in [0.15, 0.2) is 110 Å². The van der Waals surface area contributed by atoms with Crippen LogP contribution in [0.4, 0.5) is 34.6 Å². The predicted molar refractivity (Wildman–Crippen MR) is 253 cm³/mol. The molecule has 0 amide bonds. The van der Waals surface area contributed by atoms with E-state index < -0.39 is 61.7 Å². The number of hydrogen-bond donors (Lipinski definition) is 8. The Bertz CT molecular complexity index is 3490. The molecule has 25 heteroatoms. The molecule has 0 radical (unpaired) electrons. The lowest BCUT2D eigenvalue weighted by atomic mass is 9.80. The van der Waals surface area contributed by atoms with Crippen LogP contribution >= 0.6 is 24.1 Å². The van der Waals surface area contributed by atoms with Gasteiger partial charge in [-0.2, -0.15) is 23.4 Å². The lowest BCUT2D eigenvalue weighted by Gasteiger charge is -2.26. The van der Waals surface area contributed by atoms with Crippen LogP contribution in [0.25, 0.3) is 22.0 Å². The highest BCUT2D eigenvalue weighted by Gasteiger charge is 2.35. The summed E-state index contributed by atoms with van der Waals surface area (Å²) in [5, 5.41) is 53.9. The molecule has 0 saturated carbocycles. The smallest absolute Gasteiger partial charge is 0.337 e. The normalized spacial score (nSPS) is 11.8. The van der Waals surface area contributed by atoms with E-state index in [1.165, 1.54) is 66.2 Å². The van der Waals surface area contributed by atoms with Crippen molar-refractivity contribution in [3.8, 4) is 29.5 Å². The molecule has 0 atom stereocenters. The molecule has 352 valence electrons. The van der Waals surface area contributed by atoms with Gasteiger partial charge < -0.3 is 30.7 Å². The molecule has 0 fully saturated rings. The maximum Gasteiger partial charge on any atom is 0.337 e. The van der Waals surface area contributed by atoms with Gasteiger partial charge >= 0.3 is 12.0 Å². The molecule has 0 bridgehead atoms. The summed E-state index contributed by atoms with van der Waals surface area (Å²) in [6.45, 7) is 0. The first-order chi connectivity index (χ1) is 32.1. The van der Waals surface area contributed by atoms with Crippen molar-refractivity contribution in [2.45, 2.75) is 14.7 Å². The minimum atomic E-state index is -5.16. The number of aromatic nitrogens is 4. The molecule has 2 aromatic heterocycles. The van der Waals surface area contributed by atoms with E-state index in [9.17, 15) is 42.4 Å². The van der Waals surface area contributed by atoms with Crippen molar-refractivity contribution in [1.82, 2.24) is 19.5 Å². The van der Waals surface area contributed by atoms with E-state index in [2.05, 4.69) is 55.6 Å². The first kappa shape index (κ1) is 45.8. The topological polar surface area (TPSA) is 320 Å². The second-order valence-corrected chi connectivity index (χ2v) is 16.7. The number of nitrogens with one attached hydrogen (secondary N) is 3. The fourth-order valence-electron chi connectivity index (χ4n) is 7.31. The van der Waals surface area contributed by atoms with E-state index in [4.69, 9.17) is 16.9 Å². The molecule has 0 saturated heterocycles. The van der Waals surface area contributed by atoms with Crippen LogP contribution in [-0.4, -0.2) is 70.8 Å². The number of benzene rings is 5. The Balaban J connectivity index is 0.00000391. The van der Waals surface area contributed by atoms with Gasteiger partial charge in [0.2, 0.25) is 11.9 Å². The summed E-state index contributed by atoms with van der Waals surface area (Å²) in [5.41, 5.74) is -1.09. The monoisotopic (exact) mass is 979 g/mol. The summed E-state index contributed by atoms with van der Waals surface area (Å²) in [6.07, 6.45) is 5.58. The number of carboxylic acids is 1. The highest BCUT2D eigenvalue weighted by atomic mass is 32.2. The number of carbonyl (C=O) groups is 3. The summed E-state index contributed by atoms with van der Waals surface area (Å²) in [6, 6.07) is 20.3. The van der Waals surface area contributed by atoms with E-state index in [-0.39, 0.29) is 99.4 Å². The predicted octanol–water partition coefficient (Wildman–Crippen LogP) is 8.61. The molecule has 7 aromatic rings. The second-order valence-electron chi connectivity index (χ2n) is 13.8. The number of fused-ring (bicyclic) bond motifs is 2. The molecule has 0 spiro atoms. The van der Waals surface area contributed by atoms with Crippen molar-refractivity contribution in [2.75, 3.05) is 16.0 Å². The lowest BCUT2D eigenvalue weighted by Crippen LogP contribution is -2.29. The van der Waals surface area contributed by atoms with Crippen LogP contribution in [0.3, 0.4) is 0 Å². The molecule has 8 N–H and O–H groups in total. The van der Waals surface area contributed by atoms with E-state index in [1.54, 1.807) is 24.3 Å². The van der Waals surface area contributed by atoms with Gasteiger partial charge in [0, 0.05) is 49.6 Å². The van der Waals surface area contributed by atoms with Gasteiger partial charge in [-0.05, 0) is 54.1 Å². The Labute approximate surface area is 394 Å². The molecule has 2 heterocycles. The highest BCUT2D eigenvalue weighted by Crippen LogP contribution is 2.46. The maximum atomic E-state index is 14.7. The summed E-state index contributed by atoms with van der Waals surface area (Å²) in [4.78, 5) is 66.4. The number of anilines is 6. The standard InChI is InChI=1S/C42H27N7O15S3.7H2/c1-3-19-8-7-13-24(39(53)54)35(19)45-41-46-40(47-42(55)48-41)44-27-17-26(29(66-64-62-57)18-30(27)67(58,59)60)43-25-14-15-28-33-31(22-11-4-5-12-23(22)37(51)32(25)33)34(38(52)49(28)2)36(50)20-9-6-10-21(16-20)65-63-61-56;;;;;;;/h1,4-18,43,56-57H,2H3,(H,53,54)(H,58,59,60)(H3,44,45,46,47,48,55);7*1H. The third-order valence-corrected chi connectivity index (χ3v) is 12.2. The number of terminal acetylenes is 1. The number of rotatable bonds is 16. The number of aryl methyl sites for hydroxylation is 1. The number of aromatic hydroxyl groups is 1. The van der Waals surface area contributed by atoms with Crippen LogP contribution < -0.4 is 21.5 Å². The fraction of sp³-hybridized carbons (Fsp3) is 0.0238. The highest BCUT2D eigenvalue weighted by molar-refractivity contribution is 7.95. The van der Waals surface area contributed by atoms with Crippen molar-refractivity contribution in [2.24, 2.45) is 7.05 Å². The molecular weight excluding hydrogens is 939 g/mol. The SMILES string of the molecule is C#Cc1cccc(C(=O)O)c1Nc1nc(O)nc(Nc2cc(Nc3ccc4c5c3C(=O)c3ccccc3-c5c(C(=O)c3cccc(SOOO)c3)c(=O)n4C)c(SOOO)cc2S(=O)(=O)O)n1.[HH].[HH].[HH].[HH].[HH].[HH].[HH]. The van der Waals surface area contributed by atoms with Crippen molar-refractivity contribution >= 4 is 97.3 Å². The average Bonchev–Trinajstić information content (AvgIpc) is 3.30. The molecule has 1 aliphatic carbocycles. The van der Waals surface area contributed by atoms with Gasteiger partial charge in [0.15, 0.2) is 11.6 Å². The van der Waals surface area contributed by atoms with Crippen molar-refractivity contribution < 1.29 is 76.8 Å². The molecule has 22 nitrogen and oxygen atoms in total. The number of aromatic carboxylic acids is 1. The molecule has 1 aliphatic rings. The zero-order valence-electron chi connectivity index (χ0n) is 33.6. The van der Waals surface area contributed by atoms with E-state index in [1.807, 2.05) is 0 Å². The first-order valence-electron chi connectivity index (χ1n) is 18.7. The fourth-order valence-corrected chi connectivity index (χ4v) is 8.92. The number of hydrogen-bond acceptors (Lipinski definition) is 21. The zero-order chi connectivity index (χ0) is 47.7. The van der Waals surface area contributed by atoms with Gasteiger partial charge in [-0.15, -0.1) is 15.1 Å².